The molecule has 0 aliphatic carbocycles. The first kappa shape index (κ1) is 16.6. The van der Waals surface area contributed by atoms with Crippen LogP contribution in [0, 0.1) is 0 Å². The van der Waals surface area contributed by atoms with Gasteiger partial charge in [-0.1, -0.05) is 12.1 Å². The number of ether oxygens (including phenoxy) is 1. The molecule has 2 aliphatic heterocycles. The van der Waals surface area contributed by atoms with Crippen molar-refractivity contribution in [3.63, 3.8) is 0 Å². The van der Waals surface area contributed by atoms with Crippen LogP contribution in [0.1, 0.15) is 5.56 Å². The van der Waals surface area contributed by atoms with Crippen LogP contribution < -0.4 is 5.43 Å². The lowest BCUT2D eigenvalue weighted by molar-refractivity contribution is 0.0730. The van der Waals surface area contributed by atoms with E-state index in [0.717, 1.165) is 10.7 Å². The Hall–Kier alpha value is -0.820. The number of sulfonamides is 1. The second-order valence-electron chi connectivity index (χ2n) is 5.43. The van der Waals surface area contributed by atoms with E-state index in [-0.39, 0.29) is 0 Å². The van der Waals surface area contributed by atoms with E-state index < -0.39 is 12.9 Å². The molecule has 10 heteroatoms. The first-order valence-corrected chi connectivity index (χ1v) is 10.7. The molecule has 0 radical (unpaired) electrons. The van der Waals surface area contributed by atoms with Gasteiger partial charge in [-0.15, -0.1) is 0 Å². The number of alkyl halides is 1. The lowest BCUT2D eigenvalue weighted by Gasteiger charge is -2.27. The molecular formula is C14H15IN4O3S2. The van der Waals surface area contributed by atoms with Crippen molar-refractivity contribution in [1.82, 2.24) is 14.0 Å². The number of hydrogen-bond acceptors (Lipinski definition) is 6. The van der Waals surface area contributed by atoms with Crippen LogP contribution in [0.2, 0.25) is 0 Å². The number of thioether (sulfide) groups is 1. The van der Waals surface area contributed by atoms with Crippen molar-refractivity contribution in [2.24, 2.45) is 0 Å². The van der Waals surface area contributed by atoms with Gasteiger partial charge in [0.1, 0.15) is 0 Å². The maximum atomic E-state index is 12.9. The van der Waals surface area contributed by atoms with Gasteiger partial charge in [-0.05, 0) is 46.5 Å². The van der Waals surface area contributed by atoms with E-state index in [1.54, 1.807) is 36.2 Å². The van der Waals surface area contributed by atoms with Crippen LogP contribution in [0.25, 0.3) is 0 Å². The third-order valence-corrected chi connectivity index (χ3v) is 8.43. The van der Waals surface area contributed by atoms with Gasteiger partial charge in [0.15, 0.2) is 8.03 Å². The summed E-state index contributed by atoms with van der Waals surface area (Å²) in [4.78, 5) is 4.59. The number of halogens is 1. The maximum Gasteiger partial charge on any atom is 0.243 e. The Kier molecular flexibility index (Phi) is 4.27. The molecule has 0 saturated carbocycles. The molecule has 1 saturated heterocycles. The number of nitrogens with one attached hydrogen (secondary N) is 1. The SMILES string of the molecule is O=S(=O)(c1cccc(C2(I)Nn3ccnc3S2)c1)N1CCOCC1. The van der Waals surface area contributed by atoms with Crippen molar-refractivity contribution in [3.8, 4) is 0 Å². The monoisotopic (exact) mass is 478 g/mol. The molecule has 1 aromatic carbocycles. The van der Waals surface area contributed by atoms with Crippen LogP contribution in [0.5, 0.6) is 0 Å². The van der Waals surface area contributed by atoms with Crippen molar-refractivity contribution in [2.45, 2.75) is 12.9 Å². The molecule has 128 valence electrons. The topological polar surface area (TPSA) is 76.5 Å². The first-order valence-electron chi connectivity index (χ1n) is 7.37. The largest absolute Gasteiger partial charge is 0.379 e. The molecule has 1 aromatic heterocycles. The third kappa shape index (κ3) is 2.83. The molecule has 4 rings (SSSR count). The predicted octanol–water partition coefficient (Wildman–Crippen LogP) is 1.80. The smallest absolute Gasteiger partial charge is 0.243 e. The van der Waals surface area contributed by atoms with Crippen molar-refractivity contribution < 1.29 is 13.2 Å². The zero-order chi connectivity index (χ0) is 16.8. The zero-order valence-corrected chi connectivity index (χ0v) is 16.3. The van der Waals surface area contributed by atoms with E-state index in [1.807, 2.05) is 16.9 Å². The molecule has 2 aromatic rings. The average Bonchev–Trinajstić information content (AvgIpc) is 3.15. The minimum Gasteiger partial charge on any atom is -0.379 e. The molecule has 0 amide bonds. The summed E-state index contributed by atoms with van der Waals surface area (Å²) in [5, 5.41) is 0.853. The van der Waals surface area contributed by atoms with Gasteiger partial charge < -0.3 is 4.74 Å². The van der Waals surface area contributed by atoms with Crippen LogP contribution in [0.4, 0.5) is 0 Å². The minimum atomic E-state index is -3.50. The third-order valence-electron chi connectivity index (χ3n) is 3.92. The number of rotatable bonds is 3. The first-order chi connectivity index (χ1) is 11.5. The van der Waals surface area contributed by atoms with E-state index in [2.05, 4.69) is 33.0 Å². The Labute approximate surface area is 157 Å². The highest BCUT2D eigenvalue weighted by molar-refractivity contribution is 14.1. The predicted molar refractivity (Wildman–Crippen MR) is 99.2 cm³/mol. The molecule has 2 aliphatic rings. The normalized spacial score (nSPS) is 24.5. The van der Waals surface area contributed by atoms with E-state index in [1.165, 1.54) is 4.31 Å². The van der Waals surface area contributed by atoms with Gasteiger partial charge in [-0.2, -0.15) is 4.31 Å². The maximum absolute atomic E-state index is 12.9. The summed E-state index contributed by atoms with van der Waals surface area (Å²) in [5.74, 6) is 0. The number of fused-ring (bicyclic) bond motifs is 1. The van der Waals surface area contributed by atoms with Gasteiger partial charge in [0.2, 0.25) is 10.0 Å². The lowest BCUT2D eigenvalue weighted by atomic mass is 10.2. The number of imidazole rings is 1. The van der Waals surface area contributed by atoms with Crippen LogP contribution in [0.3, 0.4) is 0 Å². The highest BCUT2D eigenvalue weighted by atomic mass is 127. The quantitative estimate of drug-likeness (QED) is 0.412. The summed E-state index contributed by atoms with van der Waals surface area (Å²) in [6.07, 6.45) is 3.57. The van der Waals surface area contributed by atoms with Crippen molar-refractivity contribution in [3.05, 3.63) is 42.2 Å². The van der Waals surface area contributed by atoms with E-state index in [9.17, 15) is 8.42 Å². The van der Waals surface area contributed by atoms with Gasteiger partial charge in [0.25, 0.3) is 0 Å². The summed E-state index contributed by atoms with van der Waals surface area (Å²) in [6.45, 7) is 1.66. The molecule has 1 N–H and O–H groups in total. The highest BCUT2D eigenvalue weighted by Crippen LogP contribution is 2.49. The number of nitrogens with zero attached hydrogens (tertiary/aromatic N) is 3. The van der Waals surface area contributed by atoms with Crippen LogP contribution in [-0.4, -0.2) is 48.7 Å². The van der Waals surface area contributed by atoms with Crippen LogP contribution in [0.15, 0.2) is 46.7 Å². The molecule has 1 atom stereocenters. The number of morpholine rings is 1. The van der Waals surface area contributed by atoms with E-state index in [0.29, 0.717) is 31.2 Å². The molecular weight excluding hydrogens is 463 g/mol. The van der Waals surface area contributed by atoms with E-state index in [4.69, 9.17) is 4.74 Å². The fraction of sp³-hybridized carbons (Fsp3) is 0.357. The molecule has 24 heavy (non-hydrogen) atoms. The number of hydrogen-bond donors (Lipinski definition) is 1. The Morgan fingerprint density at radius 2 is 2.12 bits per heavy atom. The Morgan fingerprint density at radius 1 is 1.33 bits per heavy atom. The summed E-state index contributed by atoms with van der Waals surface area (Å²) >= 11 is 3.84. The fourth-order valence-corrected chi connectivity index (χ4v) is 6.27. The number of benzene rings is 1. The van der Waals surface area contributed by atoms with Gasteiger partial charge in [-0.25, -0.2) is 18.1 Å². The van der Waals surface area contributed by atoms with Crippen molar-refractivity contribution >= 4 is 44.4 Å². The zero-order valence-electron chi connectivity index (χ0n) is 12.6. The molecule has 7 nitrogen and oxygen atoms in total. The summed E-state index contributed by atoms with van der Waals surface area (Å²) < 4.78 is 33.8. The Morgan fingerprint density at radius 3 is 2.88 bits per heavy atom. The lowest BCUT2D eigenvalue weighted by Crippen LogP contribution is -2.40. The van der Waals surface area contributed by atoms with E-state index >= 15 is 0 Å². The molecule has 1 unspecified atom stereocenters. The van der Waals surface area contributed by atoms with Crippen molar-refractivity contribution in [1.29, 1.82) is 0 Å². The van der Waals surface area contributed by atoms with Crippen LogP contribution in [-0.2, 0) is 17.6 Å². The second kappa shape index (κ2) is 6.16. The summed E-state index contributed by atoms with van der Waals surface area (Å²) in [7, 11) is -3.50. The minimum absolute atomic E-state index is 0.310. The van der Waals surface area contributed by atoms with Gasteiger partial charge in [0, 0.05) is 31.0 Å². The Balaban J connectivity index is 1.66. The molecule has 0 spiro atoms. The molecule has 0 bridgehead atoms. The average molecular weight is 478 g/mol. The summed E-state index contributed by atoms with van der Waals surface area (Å²) in [5.41, 5.74) is 4.22. The highest BCUT2D eigenvalue weighted by Gasteiger charge is 2.39. The standard InChI is InChI=1S/C14H15IN4O3S2/c15-14(17-19-5-4-16-13(19)23-14)11-2-1-3-12(10-11)24(20,21)18-6-8-22-9-7-18/h1-5,10,17H,6-9H2. The molecule has 3 heterocycles. The van der Waals surface area contributed by atoms with Crippen molar-refractivity contribution in [2.75, 3.05) is 31.7 Å². The molecule has 1 fully saturated rings. The van der Waals surface area contributed by atoms with Crippen LogP contribution >= 0.6 is 34.4 Å². The Bertz CT molecular complexity index is 844. The number of aromatic nitrogens is 2. The fourth-order valence-electron chi connectivity index (χ4n) is 2.67. The van der Waals surface area contributed by atoms with Gasteiger partial charge >= 0.3 is 0 Å². The van der Waals surface area contributed by atoms with Gasteiger partial charge in [0.05, 0.1) is 18.1 Å². The summed E-state index contributed by atoms with van der Waals surface area (Å²) in [6, 6.07) is 7.10. The van der Waals surface area contributed by atoms with Gasteiger partial charge in [-0.3, -0.25) is 5.43 Å². The second-order valence-corrected chi connectivity index (χ2v) is 10.9.